The maximum atomic E-state index is 11.2. The molecule has 0 saturated carbocycles. The normalized spacial score (nSPS) is 17.9. The molecule has 0 spiro atoms. The molecule has 0 atom stereocenters. The fourth-order valence-electron chi connectivity index (χ4n) is 1.57. The van der Waals surface area contributed by atoms with Crippen LogP contribution in [0.1, 0.15) is 13.8 Å². The topological polar surface area (TPSA) is 37.7 Å². The van der Waals surface area contributed by atoms with Crippen molar-refractivity contribution >= 4 is 6.03 Å². The second-order valence-corrected chi connectivity index (χ2v) is 3.62. The first-order valence-corrected chi connectivity index (χ1v) is 4.78. The summed E-state index contributed by atoms with van der Waals surface area (Å²) in [5.74, 6) is 0. The molecule has 14 heavy (non-hydrogen) atoms. The van der Waals surface area contributed by atoms with Crippen LogP contribution in [0.25, 0.3) is 5.32 Å². The van der Waals surface area contributed by atoms with Crippen molar-refractivity contribution in [2.75, 3.05) is 33.2 Å². The summed E-state index contributed by atoms with van der Waals surface area (Å²) in [4.78, 5) is 15.4. The molecule has 0 radical (unpaired) electrons. The predicted octanol–water partition coefficient (Wildman–Crippen LogP) is -1.86. The van der Waals surface area contributed by atoms with Crippen LogP contribution in [0.2, 0.25) is 0 Å². The third kappa shape index (κ3) is 4.27. The van der Waals surface area contributed by atoms with Crippen LogP contribution in [0.5, 0.6) is 0 Å². The second kappa shape index (κ2) is 7.33. The van der Waals surface area contributed by atoms with Gasteiger partial charge in [-0.3, -0.25) is 4.79 Å². The van der Waals surface area contributed by atoms with Crippen LogP contribution in [-0.2, 0) is 0 Å². The molecule has 5 heteroatoms. The molecule has 0 aromatic carbocycles. The van der Waals surface area contributed by atoms with Crippen LogP contribution >= 0.6 is 0 Å². The van der Waals surface area contributed by atoms with Crippen LogP contribution in [0.4, 0.5) is 4.79 Å². The SMILES string of the molecule is C[N-]C(=O)N1CCN(C(C)C)CC1.[Rb+]. The van der Waals surface area contributed by atoms with Gasteiger partial charge in [0.2, 0.25) is 0 Å². The standard InChI is InChI=1S/C9H19N3O.Rb/c1-8(2)11-4-6-12(7-5-11)9(13)10-3;/h8H,4-7H2,1-3H3,(H,10,13);/q;+1/p-1. The number of carbonyl (C=O) groups is 1. The van der Waals surface area contributed by atoms with Crippen molar-refractivity contribution in [1.82, 2.24) is 9.80 Å². The van der Waals surface area contributed by atoms with Crippen LogP contribution in [0.15, 0.2) is 0 Å². The van der Waals surface area contributed by atoms with E-state index in [2.05, 4.69) is 24.1 Å². The van der Waals surface area contributed by atoms with E-state index in [1.165, 1.54) is 0 Å². The summed E-state index contributed by atoms with van der Waals surface area (Å²) in [6.45, 7) is 7.93. The van der Waals surface area contributed by atoms with Crippen molar-refractivity contribution in [1.29, 1.82) is 0 Å². The summed E-state index contributed by atoms with van der Waals surface area (Å²) in [5.41, 5.74) is 0. The third-order valence-electron chi connectivity index (χ3n) is 2.51. The number of amides is 2. The maximum Gasteiger partial charge on any atom is 1.00 e. The van der Waals surface area contributed by atoms with Gasteiger partial charge in [-0.1, -0.05) is 7.05 Å². The quantitative estimate of drug-likeness (QED) is 0.560. The van der Waals surface area contributed by atoms with E-state index in [0.29, 0.717) is 6.04 Å². The zero-order valence-corrected chi connectivity index (χ0v) is 14.6. The predicted molar refractivity (Wildman–Crippen MR) is 53.0 cm³/mol. The van der Waals surface area contributed by atoms with Gasteiger partial charge in [0.25, 0.3) is 0 Å². The Morgan fingerprint density at radius 1 is 1.21 bits per heavy atom. The van der Waals surface area contributed by atoms with E-state index < -0.39 is 0 Å². The number of rotatable bonds is 1. The first kappa shape index (κ1) is 15.0. The minimum atomic E-state index is -0.0802. The van der Waals surface area contributed by atoms with Crippen molar-refractivity contribution in [2.45, 2.75) is 19.9 Å². The number of piperazine rings is 1. The van der Waals surface area contributed by atoms with Gasteiger partial charge < -0.3 is 15.1 Å². The fraction of sp³-hybridized carbons (Fsp3) is 0.889. The molecule has 4 nitrogen and oxygen atoms in total. The van der Waals surface area contributed by atoms with Crippen LogP contribution < -0.4 is 58.2 Å². The molecule has 1 saturated heterocycles. The molecule has 1 aliphatic rings. The average molecular weight is 270 g/mol. The monoisotopic (exact) mass is 269 g/mol. The van der Waals surface area contributed by atoms with Crippen LogP contribution in [0, 0.1) is 0 Å². The maximum absolute atomic E-state index is 11.2. The largest absolute Gasteiger partial charge is 1.00 e. The molecule has 0 aromatic heterocycles. The van der Waals surface area contributed by atoms with Gasteiger partial charge in [-0.2, -0.15) is 0 Å². The van der Waals surface area contributed by atoms with Crippen LogP contribution in [0.3, 0.4) is 0 Å². The molecule has 0 aliphatic carbocycles. The molecule has 2 amide bonds. The Morgan fingerprint density at radius 3 is 2.07 bits per heavy atom. The van der Waals surface area contributed by atoms with Crippen molar-refractivity contribution in [3.63, 3.8) is 0 Å². The number of carbonyl (C=O) groups excluding carboxylic acids is 1. The minimum absolute atomic E-state index is 0. The van der Waals surface area contributed by atoms with Gasteiger partial charge in [0.05, 0.1) is 0 Å². The third-order valence-corrected chi connectivity index (χ3v) is 2.51. The van der Waals surface area contributed by atoms with E-state index >= 15 is 0 Å². The number of hydrogen-bond donors (Lipinski definition) is 0. The zero-order chi connectivity index (χ0) is 9.84. The first-order chi connectivity index (χ1) is 6.15. The molecule has 1 heterocycles. The molecule has 1 aliphatic heterocycles. The van der Waals surface area contributed by atoms with Crippen LogP contribution in [-0.4, -0.2) is 55.1 Å². The summed E-state index contributed by atoms with van der Waals surface area (Å²) in [7, 11) is 1.55. The molecule has 76 valence electrons. The van der Waals surface area contributed by atoms with E-state index in [1.54, 1.807) is 11.9 Å². The summed E-state index contributed by atoms with van der Waals surface area (Å²) >= 11 is 0. The van der Waals surface area contributed by atoms with Gasteiger partial charge in [0.1, 0.15) is 0 Å². The van der Waals surface area contributed by atoms with E-state index in [1.807, 2.05) is 0 Å². The van der Waals surface area contributed by atoms with E-state index in [0.717, 1.165) is 26.2 Å². The molecule has 1 rings (SSSR count). The number of nitrogens with zero attached hydrogens (tertiary/aromatic N) is 3. The summed E-state index contributed by atoms with van der Waals surface area (Å²) < 4.78 is 0. The number of urea groups is 1. The molecule has 0 bridgehead atoms. The van der Waals surface area contributed by atoms with E-state index in [-0.39, 0.29) is 64.2 Å². The van der Waals surface area contributed by atoms with Gasteiger partial charge in [-0.25, -0.2) is 0 Å². The zero-order valence-electron chi connectivity index (χ0n) is 9.66. The van der Waals surface area contributed by atoms with Gasteiger partial charge >= 0.3 is 58.2 Å². The Hall–Kier alpha value is 1.04. The Balaban J connectivity index is 0.00000169. The molecule has 1 fully saturated rings. The van der Waals surface area contributed by atoms with Gasteiger partial charge in [-0.15, -0.1) is 0 Å². The van der Waals surface area contributed by atoms with Crippen molar-refractivity contribution in [3.8, 4) is 0 Å². The summed E-state index contributed by atoms with van der Waals surface area (Å²) in [6, 6.07) is 0.499. The van der Waals surface area contributed by atoms with Gasteiger partial charge in [0, 0.05) is 6.04 Å². The Labute approximate surface area is 135 Å². The van der Waals surface area contributed by atoms with Crippen molar-refractivity contribution in [3.05, 3.63) is 5.32 Å². The molecular weight excluding hydrogens is 252 g/mol. The summed E-state index contributed by atoms with van der Waals surface area (Å²) in [6.07, 6.45) is 0. The summed E-state index contributed by atoms with van der Waals surface area (Å²) in [5, 5.41) is 3.65. The molecule has 0 aromatic rings. The Kier molecular flexibility index (Phi) is 7.87. The molecule has 0 N–H and O–H groups in total. The Bertz CT molecular complexity index is 179. The van der Waals surface area contributed by atoms with Gasteiger partial charge in [-0.05, 0) is 40.0 Å². The molecule has 0 unspecified atom stereocenters. The van der Waals surface area contributed by atoms with Crippen molar-refractivity contribution < 1.29 is 63.0 Å². The average Bonchev–Trinajstić information content (AvgIpc) is 2.17. The first-order valence-electron chi connectivity index (χ1n) is 4.78. The van der Waals surface area contributed by atoms with E-state index in [9.17, 15) is 4.79 Å². The molecular formula is C9H18N3ORb. The van der Waals surface area contributed by atoms with Crippen molar-refractivity contribution in [2.24, 2.45) is 0 Å². The smallest absolute Gasteiger partial charge is 0.434 e. The Morgan fingerprint density at radius 2 is 1.71 bits per heavy atom. The van der Waals surface area contributed by atoms with E-state index in [4.69, 9.17) is 0 Å². The van der Waals surface area contributed by atoms with Gasteiger partial charge in [0.15, 0.2) is 6.03 Å². The number of hydrogen-bond acceptors (Lipinski definition) is 2. The second-order valence-electron chi connectivity index (χ2n) is 3.62. The fourth-order valence-corrected chi connectivity index (χ4v) is 1.57. The minimum Gasteiger partial charge on any atom is -0.434 e.